The molecule has 1 unspecified atom stereocenters. The highest BCUT2D eigenvalue weighted by molar-refractivity contribution is 5.76. The molecule has 2 aromatic carbocycles. The topological polar surface area (TPSA) is 113 Å². The molecule has 0 heterocycles. The normalized spacial score (nSPS) is 12.3. The fourth-order valence-corrected chi connectivity index (χ4v) is 2.22. The summed E-state index contributed by atoms with van der Waals surface area (Å²) >= 11 is 0. The average Bonchev–Trinajstić information content (AvgIpc) is 2.58. The van der Waals surface area contributed by atoms with Gasteiger partial charge < -0.3 is 4.74 Å². The van der Waals surface area contributed by atoms with Gasteiger partial charge in [-0.15, -0.1) is 0 Å². The molecule has 0 aliphatic carbocycles. The minimum atomic E-state index is -0.999. The van der Waals surface area contributed by atoms with Gasteiger partial charge >= 0.3 is 5.97 Å². The van der Waals surface area contributed by atoms with E-state index >= 15 is 0 Å². The molecule has 0 saturated carbocycles. The van der Waals surface area contributed by atoms with Crippen LogP contribution in [0.3, 0.4) is 0 Å². The van der Waals surface area contributed by atoms with Crippen molar-refractivity contribution in [1.82, 2.24) is 0 Å². The molecule has 0 radical (unpaired) electrons. The third-order valence-electron chi connectivity index (χ3n) is 3.59. The highest BCUT2D eigenvalue weighted by atomic mass is 16.6. The molecule has 0 amide bonds. The summed E-state index contributed by atoms with van der Waals surface area (Å²) in [6, 6.07) is 11.8. The molecular weight excluding hydrogens is 340 g/mol. The number of rotatable bonds is 5. The quantitative estimate of drug-likeness (QED) is 0.450. The van der Waals surface area contributed by atoms with Crippen molar-refractivity contribution in [3.05, 3.63) is 79.9 Å². The van der Waals surface area contributed by atoms with E-state index in [9.17, 15) is 25.0 Å². The number of carbonyl (C=O) groups excluding carboxylic acids is 1. The van der Waals surface area contributed by atoms with Gasteiger partial charge in [-0.3, -0.25) is 25.0 Å². The van der Waals surface area contributed by atoms with Crippen LogP contribution in [-0.2, 0) is 9.53 Å². The van der Waals surface area contributed by atoms with Gasteiger partial charge in [-0.25, -0.2) is 0 Å². The van der Waals surface area contributed by atoms with Crippen LogP contribution in [0.25, 0.3) is 0 Å². The number of benzene rings is 2. The molecule has 0 fully saturated rings. The van der Waals surface area contributed by atoms with E-state index in [0.717, 1.165) is 6.07 Å². The van der Waals surface area contributed by atoms with Crippen molar-refractivity contribution in [3.63, 3.8) is 0 Å². The molecule has 26 heavy (non-hydrogen) atoms. The summed E-state index contributed by atoms with van der Waals surface area (Å²) in [4.78, 5) is 33.2. The molecule has 8 heteroatoms. The Bertz CT molecular complexity index is 810. The van der Waals surface area contributed by atoms with E-state index in [0.29, 0.717) is 5.56 Å². The van der Waals surface area contributed by atoms with Crippen LogP contribution < -0.4 is 0 Å². The highest BCUT2D eigenvalue weighted by Crippen LogP contribution is 2.34. The van der Waals surface area contributed by atoms with Gasteiger partial charge in [0.2, 0.25) is 0 Å². The zero-order valence-corrected chi connectivity index (χ0v) is 14.5. The molecule has 2 rings (SSSR count). The lowest BCUT2D eigenvalue weighted by Crippen LogP contribution is -2.25. The van der Waals surface area contributed by atoms with Crippen molar-refractivity contribution in [2.45, 2.75) is 26.9 Å². The number of nitrogens with zero attached hydrogens (tertiary/aromatic N) is 2. The SMILES string of the molecule is CC(C)(C)C(=O)OC(c1ccccc1)c1cc([N+](=O)[O-])cc([N+](=O)[O-])c1. The van der Waals surface area contributed by atoms with Crippen molar-refractivity contribution in [2.75, 3.05) is 0 Å². The Balaban J connectivity index is 2.60. The number of nitro benzene ring substituents is 2. The largest absolute Gasteiger partial charge is 0.452 e. The third-order valence-corrected chi connectivity index (χ3v) is 3.59. The fourth-order valence-electron chi connectivity index (χ4n) is 2.22. The van der Waals surface area contributed by atoms with Crippen molar-refractivity contribution >= 4 is 17.3 Å². The Morgan fingerprint density at radius 1 is 0.923 bits per heavy atom. The molecule has 0 aliphatic rings. The highest BCUT2D eigenvalue weighted by Gasteiger charge is 2.30. The van der Waals surface area contributed by atoms with Crippen molar-refractivity contribution in [3.8, 4) is 0 Å². The second kappa shape index (κ2) is 7.30. The van der Waals surface area contributed by atoms with E-state index in [4.69, 9.17) is 4.74 Å². The molecule has 2 aromatic rings. The van der Waals surface area contributed by atoms with E-state index in [1.165, 1.54) is 12.1 Å². The Morgan fingerprint density at radius 2 is 1.42 bits per heavy atom. The number of esters is 1. The van der Waals surface area contributed by atoms with E-state index < -0.39 is 38.7 Å². The zero-order valence-electron chi connectivity index (χ0n) is 14.5. The first-order valence-electron chi connectivity index (χ1n) is 7.79. The van der Waals surface area contributed by atoms with E-state index in [1.807, 2.05) is 0 Å². The second-order valence-electron chi connectivity index (χ2n) is 6.74. The second-order valence-corrected chi connectivity index (χ2v) is 6.74. The monoisotopic (exact) mass is 358 g/mol. The van der Waals surface area contributed by atoms with Crippen molar-refractivity contribution in [2.24, 2.45) is 5.41 Å². The molecule has 0 spiro atoms. The minimum Gasteiger partial charge on any atom is -0.452 e. The molecule has 0 aliphatic heterocycles. The summed E-state index contributed by atoms with van der Waals surface area (Å²) in [5.74, 6) is -0.527. The van der Waals surface area contributed by atoms with Crippen molar-refractivity contribution in [1.29, 1.82) is 0 Å². The average molecular weight is 358 g/mol. The van der Waals surface area contributed by atoms with Gasteiger partial charge in [0.15, 0.2) is 6.10 Å². The number of non-ortho nitro benzene ring substituents is 2. The number of hydrogen-bond acceptors (Lipinski definition) is 6. The first-order valence-corrected chi connectivity index (χ1v) is 7.79. The predicted octanol–water partition coefficient (Wildman–Crippen LogP) is 4.18. The maximum Gasteiger partial charge on any atom is 0.312 e. The van der Waals surface area contributed by atoms with Gasteiger partial charge in [0.25, 0.3) is 11.4 Å². The molecule has 136 valence electrons. The predicted molar refractivity (Wildman–Crippen MR) is 93.6 cm³/mol. The lowest BCUT2D eigenvalue weighted by molar-refractivity contribution is -0.394. The smallest absolute Gasteiger partial charge is 0.312 e. The summed E-state index contributed by atoms with van der Waals surface area (Å²) < 4.78 is 5.57. The maximum absolute atomic E-state index is 12.4. The van der Waals surface area contributed by atoms with Crippen LogP contribution in [0.2, 0.25) is 0 Å². The molecule has 1 atom stereocenters. The lowest BCUT2D eigenvalue weighted by Gasteiger charge is -2.24. The minimum absolute atomic E-state index is 0.162. The number of ether oxygens (including phenoxy) is 1. The van der Waals surface area contributed by atoms with E-state index in [1.54, 1.807) is 51.1 Å². The third kappa shape index (κ3) is 4.41. The summed E-state index contributed by atoms with van der Waals surface area (Å²) in [7, 11) is 0. The molecular formula is C18H18N2O6. The van der Waals surface area contributed by atoms with Crippen LogP contribution in [0.4, 0.5) is 11.4 Å². The summed E-state index contributed by atoms with van der Waals surface area (Å²) in [6.45, 7) is 5.02. The Hall–Kier alpha value is -3.29. The zero-order chi connectivity index (χ0) is 19.5. The Kier molecular flexibility index (Phi) is 5.35. The van der Waals surface area contributed by atoms with Crippen LogP contribution in [0.1, 0.15) is 38.0 Å². The van der Waals surface area contributed by atoms with Crippen LogP contribution in [0, 0.1) is 25.6 Å². The van der Waals surface area contributed by atoms with Gasteiger partial charge in [-0.2, -0.15) is 0 Å². The lowest BCUT2D eigenvalue weighted by atomic mass is 9.96. The van der Waals surface area contributed by atoms with Gasteiger partial charge in [-0.05, 0) is 26.3 Å². The van der Waals surface area contributed by atoms with Gasteiger partial charge in [0, 0.05) is 17.7 Å². The molecule has 0 aromatic heterocycles. The van der Waals surface area contributed by atoms with E-state index in [2.05, 4.69) is 0 Å². The number of hydrogen-bond donors (Lipinski definition) is 0. The Labute approximate surface area is 149 Å². The maximum atomic E-state index is 12.4. The van der Waals surface area contributed by atoms with Crippen molar-refractivity contribution < 1.29 is 19.4 Å². The number of nitro groups is 2. The van der Waals surface area contributed by atoms with Crippen LogP contribution in [0.15, 0.2) is 48.5 Å². The first kappa shape index (κ1) is 19.0. The number of carbonyl (C=O) groups is 1. The molecule has 0 saturated heterocycles. The standard InChI is InChI=1S/C18H18N2O6/c1-18(2,3)17(21)26-16(12-7-5-4-6-8-12)13-9-14(19(22)23)11-15(10-13)20(24)25/h4-11,16H,1-3H3. The van der Waals surface area contributed by atoms with Gasteiger partial charge in [-0.1, -0.05) is 30.3 Å². The van der Waals surface area contributed by atoms with Crippen LogP contribution in [0.5, 0.6) is 0 Å². The van der Waals surface area contributed by atoms with Crippen LogP contribution in [-0.4, -0.2) is 15.8 Å². The molecule has 0 bridgehead atoms. The fraction of sp³-hybridized carbons (Fsp3) is 0.278. The van der Waals surface area contributed by atoms with Gasteiger partial charge in [0.05, 0.1) is 21.3 Å². The molecule has 8 nitrogen and oxygen atoms in total. The summed E-state index contributed by atoms with van der Waals surface area (Å²) in [6.07, 6.45) is -0.999. The Morgan fingerprint density at radius 3 is 1.85 bits per heavy atom. The molecule has 0 N–H and O–H groups in total. The van der Waals surface area contributed by atoms with E-state index in [-0.39, 0.29) is 5.56 Å². The summed E-state index contributed by atoms with van der Waals surface area (Å²) in [5, 5.41) is 22.3. The summed E-state index contributed by atoms with van der Waals surface area (Å²) in [5.41, 5.74) is -0.974. The van der Waals surface area contributed by atoms with Crippen LogP contribution >= 0.6 is 0 Å². The van der Waals surface area contributed by atoms with Gasteiger partial charge in [0.1, 0.15) is 0 Å². The first-order chi connectivity index (χ1) is 12.1.